The van der Waals surface area contributed by atoms with Gasteiger partial charge in [-0.25, -0.2) is 0 Å². The van der Waals surface area contributed by atoms with Gasteiger partial charge in [-0.05, 0) is 67.6 Å². The number of hydrogen-bond donors (Lipinski definition) is 2. The largest absolute Gasteiger partial charge is 0.271 e. The van der Waals surface area contributed by atoms with Gasteiger partial charge >= 0.3 is 0 Å². The van der Waals surface area contributed by atoms with Crippen LogP contribution in [0.2, 0.25) is 10.0 Å². The SMILES string of the molecule is NNC(Cc1ccc(Cl)cc1Cl)C(C1CC1)C1CC1. The van der Waals surface area contributed by atoms with E-state index < -0.39 is 0 Å². The van der Waals surface area contributed by atoms with Crippen molar-refractivity contribution in [3.8, 4) is 0 Å². The minimum atomic E-state index is 0.332. The summed E-state index contributed by atoms with van der Waals surface area (Å²) in [5.41, 5.74) is 4.18. The first-order chi connectivity index (χ1) is 9.19. The van der Waals surface area contributed by atoms with Crippen molar-refractivity contribution in [2.24, 2.45) is 23.6 Å². The van der Waals surface area contributed by atoms with Crippen molar-refractivity contribution in [3.05, 3.63) is 33.8 Å². The molecule has 1 aromatic carbocycles. The van der Waals surface area contributed by atoms with Crippen molar-refractivity contribution in [1.82, 2.24) is 5.43 Å². The Bertz CT molecular complexity index is 443. The summed E-state index contributed by atoms with van der Waals surface area (Å²) in [7, 11) is 0. The van der Waals surface area contributed by atoms with Crippen LogP contribution in [0.3, 0.4) is 0 Å². The highest BCUT2D eigenvalue weighted by atomic mass is 35.5. The van der Waals surface area contributed by atoms with E-state index in [9.17, 15) is 0 Å². The number of rotatable bonds is 6. The maximum absolute atomic E-state index is 6.27. The molecule has 19 heavy (non-hydrogen) atoms. The van der Waals surface area contributed by atoms with Crippen molar-refractivity contribution in [3.63, 3.8) is 0 Å². The molecule has 0 bridgehead atoms. The first kappa shape index (κ1) is 13.7. The van der Waals surface area contributed by atoms with E-state index in [0.29, 0.717) is 11.1 Å². The summed E-state index contributed by atoms with van der Waals surface area (Å²) < 4.78 is 0. The quantitative estimate of drug-likeness (QED) is 0.619. The average Bonchev–Trinajstić information content (AvgIpc) is 3.25. The van der Waals surface area contributed by atoms with Gasteiger partial charge in [0.15, 0.2) is 0 Å². The first-order valence-corrected chi connectivity index (χ1v) is 7.84. The van der Waals surface area contributed by atoms with Gasteiger partial charge in [0.05, 0.1) is 0 Å². The van der Waals surface area contributed by atoms with Gasteiger partial charge in [0.2, 0.25) is 0 Å². The number of halogens is 2. The molecule has 1 aromatic rings. The normalized spacial score (nSPS) is 20.8. The topological polar surface area (TPSA) is 38.0 Å². The third-order valence-corrected chi connectivity index (χ3v) is 5.05. The summed E-state index contributed by atoms with van der Waals surface area (Å²) in [6.45, 7) is 0. The average molecular weight is 299 g/mol. The fourth-order valence-electron chi connectivity index (χ4n) is 3.23. The van der Waals surface area contributed by atoms with Gasteiger partial charge in [0.25, 0.3) is 0 Å². The van der Waals surface area contributed by atoms with Gasteiger partial charge in [0.1, 0.15) is 0 Å². The Kier molecular flexibility index (Phi) is 4.04. The highest BCUT2D eigenvalue weighted by molar-refractivity contribution is 6.35. The predicted octanol–water partition coefficient (Wildman–Crippen LogP) is 3.80. The molecule has 2 nitrogen and oxygen atoms in total. The van der Waals surface area contributed by atoms with Crippen LogP contribution in [0.1, 0.15) is 31.2 Å². The van der Waals surface area contributed by atoms with E-state index in [1.54, 1.807) is 0 Å². The molecular weight excluding hydrogens is 279 g/mol. The maximum Gasteiger partial charge on any atom is 0.0453 e. The molecule has 1 atom stereocenters. The summed E-state index contributed by atoms with van der Waals surface area (Å²) in [5, 5.41) is 1.44. The summed E-state index contributed by atoms with van der Waals surface area (Å²) in [4.78, 5) is 0. The van der Waals surface area contributed by atoms with Crippen LogP contribution in [0.5, 0.6) is 0 Å². The summed E-state index contributed by atoms with van der Waals surface area (Å²) in [6.07, 6.45) is 6.37. The molecule has 3 rings (SSSR count). The third-order valence-electron chi connectivity index (χ3n) is 4.47. The van der Waals surface area contributed by atoms with Gasteiger partial charge in [0, 0.05) is 16.1 Å². The molecule has 2 aliphatic rings. The molecular formula is C15H20Cl2N2. The second-order valence-corrected chi connectivity index (χ2v) is 6.81. The Morgan fingerprint density at radius 3 is 2.26 bits per heavy atom. The zero-order valence-corrected chi connectivity index (χ0v) is 12.4. The molecule has 0 heterocycles. The van der Waals surface area contributed by atoms with E-state index in [4.69, 9.17) is 29.0 Å². The first-order valence-electron chi connectivity index (χ1n) is 7.09. The lowest BCUT2D eigenvalue weighted by molar-refractivity contribution is 0.283. The number of hydrazine groups is 1. The lowest BCUT2D eigenvalue weighted by Gasteiger charge is -2.27. The van der Waals surface area contributed by atoms with Gasteiger partial charge < -0.3 is 0 Å². The second kappa shape index (κ2) is 5.61. The predicted molar refractivity (Wildman–Crippen MR) is 80.2 cm³/mol. The molecule has 0 radical (unpaired) electrons. The van der Waals surface area contributed by atoms with Crippen molar-refractivity contribution >= 4 is 23.2 Å². The lowest BCUT2D eigenvalue weighted by atomic mass is 9.86. The molecule has 0 saturated heterocycles. The molecule has 4 heteroatoms. The van der Waals surface area contributed by atoms with Crippen molar-refractivity contribution in [2.45, 2.75) is 38.1 Å². The van der Waals surface area contributed by atoms with Crippen molar-refractivity contribution in [1.29, 1.82) is 0 Å². The van der Waals surface area contributed by atoms with Crippen LogP contribution < -0.4 is 11.3 Å². The van der Waals surface area contributed by atoms with Crippen LogP contribution >= 0.6 is 23.2 Å². The number of hydrogen-bond acceptors (Lipinski definition) is 2. The molecule has 104 valence electrons. The minimum Gasteiger partial charge on any atom is -0.271 e. The van der Waals surface area contributed by atoms with Crippen LogP contribution in [-0.4, -0.2) is 6.04 Å². The number of nitrogens with two attached hydrogens (primary N) is 1. The smallest absolute Gasteiger partial charge is 0.0453 e. The van der Waals surface area contributed by atoms with Gasteiger partial charge in [-0.1, -0.05) is 29.3 Å². The minimum absolute atomic E-state index is 0.332. The van der Waals surface area contributed by atoms with E-state index in [1.807, 2.05) is 18.2 Å². The molecule has 2 saturated carbocycles. The zero-order chi connectivity index (χ0) is 13.4. The monoisotopic (exact) mass is 298 g/mol. The van der Waals surface area contributed by atoms with Crippen LogP contribution in [0.4, 0.5) is 0 Å². The van der Waals surface area contributed by atoms with Crippen molar-refractivity contribution < 1.29 is 0 Å². The molecule has 0 amide bonds. The Hall–Kier alpha value is -0.280. The van der Waals surface area contributed by atoms with Crippen LogP contribution in [0.15, 0.2) is 18.2 Å². The van der Waals surface area contributed by atoms with E-state index >= 15 is 0 Å². The van der Waals surface area contributed by atoms with Crippen molar-refractivity contribution in [2.75, 3.05) is 0 Å². The van der Waals surface area contributed by atoms with E-state index in [1.165, 1.54) is 25.7 Å². The van der Waals surface area contributed by atoms with E-state index in [-0.39, 0.29) is 0 Å². The van der Waals surface area contributed by atoms with Gasteiger partial charge in [-0.3, -0.25) is 11.3 Å². The maximum atomic E-state index is 6.27. The Morgan fingerprint density at radius 2 is 1.79 bits per heavy atom. The molecule has 3 N–H and O–H groups in total. The summed E-state index contributed by atoms with van der Waals surface area (Å²) in [6, 6.07) is 6.07. The Balaban J connectivity index is 1.74. The Labute approximate surface area is 124 Å². The zero-order valence-electron chi connectivity index (χ0n) is 10.9. The number of benzene rings is 1. The fourth-order valence-corrected chi connectivity index (χ4v) is 3.72. The third kappa shape index (κ3) is 3.25. The van der Waals surface area contributed by atoms with E-state index in [0.717, 1.165) is 34.8 Å². The molecule has 0 spiro atoms. The number of nitrogens with one attached hydrogen (secondary N) is 1. The van der Waals surface area contributed by atoms with Crippen LogP contribution in [0.25, 0.3) is 0 Å². The molecule has 0 aliphatic heterocycles. The second-order valence-electron chi connectivity index (χ2n) is 5.97. The van der Waals surface area contributed by atoms with E-state index in [2.05, 4.69) is 5.43 Å². The molecule has 0 aromatic heterocycles. The standard InChI is InChI=1S/C15H20Cl2N2/c16-12-6-5-11(13(17)8-12)7-14(19-18)15(9-1-2-9)10-3-4-10/h5-6,8-10,14-15,19H,1-4,7,18H2. The highest BCUT2D eigenvalue weighted by Crippen LogP contribution is 2.51. The van der Waals surface area contributed by atoms with Crippen LogP contribution in [0, 0.1) is 17.8 Å². The van der Waals surface area contributed by atoms with Gasteiger partial charge in [-0.15, -0.1) is 0 Å². The molecule has 1 unspecified atom stereocenters. The highest BCUT2D eigenvalue weighted by Gasteiger charge is 2.45. The molecule has 2 aliphatic carbocycles. The van der Waals surface area contributed by atoms with Crippen LogP contribution in [-0.2, 0) is 6.42 Å². The molecule has 2 fully saturated rings. The Morgan fingerprint density at radius 1 is 1.16 bits per heavy atom. The van der Waals surface area contributed by atoms with Gasteiger partial charge in [-0.2, -0.15) is 0 Å². The lowest BCUT2D eigenvalue weighted by Crippen LogP contribution is -2.44. The summed E-state index contributed by atoms with van der Waals surface area (Å²) in [5.74, 6) is 8.28. The fraction of sp³-hybridized carbons (Fsp3) is 0.600. The summed E-state index contributed by atoms with van der Waals surface area (Å²) >= 11 is 12.2.